The van der Waals surface area contributed by atoms with E-state index in [9.17, 15) is 9.18 Å². The molecule has 1 aromatic carbocycles. The van der Waals surface area contributed by atoms with Crippen LogP contribution in [0, 0.1) is 18.7 Å². The zero-order chi connectivity index (χ0) is 11.0. The molecule has 1 heterocycles. The van der Waals surface area contributed by atoms with E-state index in [1.54, 1.807) is 13.0 Å². The SMILES string of the molecule is Cc1c(F)ccc2c1OC[C@H](C(=O)O)C2. The van der Waals surface area contributed by atoms with Crippen molar-refractivity contribution in [3.8, 4) is 5.75 Å². The molecule has 2 rings (SSSR count). The van der Waals surface area contributed by atoms with Gasteiger partial charge in [0.25, 0.3) is 0 Å². The summed E-state index contributed by atoms with van der Waals surface area (Å²) in [4.78, 5) is 10.8. The Balaban J connectivity index is 2.36. The molecule has 80 valence electrons. The third-order valence-corrected chi connectivity index (χ3v) is 2.67. The summed E-state index contributed by atoms with van der Waals surface area (Å²) < 4.78 is 18.5. The second kappa shape index (κ2) is 3.53. The predicted octanol–water partition coefficient (Wildman–Crippen LogP) is 1.77. The van der Waals surface area contributed by atoms with Gasteiger partial charge in [-0.05, 0) is 25.0 Å². The van der Waals surface area contributed by atoms with E-state index in [-0.39, 0.29) is 12.4 Å². The Bertz CT molecular complexity index is 415. The van der Waals surface area contributed by atoms with Gasteiger partial charge in [0, 0.05) is 5.56 Å². The van der Waals surface area contributed by atoms with Crippen molar-refractivity contribution in [2.75, 3.05) is 6.61 Å². The van der Waals surface area contributed by atoms with E-state index < -0.39 is 11.9 Å². The number of hydrogen-bond donors (Lipinski definition) is 1. The van der Waals surface area contributed by atoms with Crippen LogP contribution in [-0.2, 0) is 11.2 Å². The van der Waals surface area contributed by atoms with Crippen molar-refractivity contribution in [1.29, 1.82) is 0 Å². The maximum atomic E-state index is 13.2. The number of carboxylic acids is 1. The maximum Gasteiger partial charge on any atom is 0.310 e. The van der Waals surface area contributed by atoms with Crippen molar-refractivity contribution >= 4 is 5.97 Å². The van der Waals surface area contributed by atoms with Gasteiger partial charge in [-0.25, -0.2) is 4.39 Å². The number of carbonyl (C=O) groups is 1. The second-order valence-electron chi connectivity index (χ2n) is 3.71. The minimum absolute atomic E-state index is 0.118. The lowest BCUT2D eigenvalue weighted by Crippen LogP contribution is -2.28. The monoisotopic (exact) mass is 210 g/mol. The average molecular weight is 210 g/mol. The predicted molar refractivity (Wildman–Crippen MR) is 51.5 cm³/mol. The fourth-order valence-corrected chi connectivity index (χ4v) is 1.75. The Morgan fingerprint density at radius 1 is 1.60 bits per heavy atom. The quantitative estimate of drug-likeness (QED) is 0.768. The molecule has 1 aliphatic rings. The molecule has 1 aliphatic heterocycles. The minimum atomic E-state index is -0.873. The highest BCUT2D eigenvalue weighted by atomic mass is 19.1. The summed E-state index contributed by atoms with van der Waals surface area (Å²) in [6.45, 7) is 1.75. The third-order valence-electron chi connectivity index (χ3n) is 2.67. The van der Waals surface area contributed by atoms with Gasteiger partial charge in [0.05, 0.1) is 5.92 Å². The van der Waals surface area contributed by atoms with E-state index in [1.807, 2.05) is 0 Å². The summed E-state index contributed by atoms with van der Waals surface area (Å²) in [5, 5.41) is 8.83. The van der Waals surface area contributed by atoms with Crippen LogP contribution in [0.1, 0.15) is 11.1 Å². The van der Waals surface area contributed by atoms with E-state index in [2.05, 4.69) is 0 Å². The molecule has 0 saturated heterocycles. The Hall–Kier alpha value is -1.58. The molecule has 0 aliphatic carbocycles. The standard InChI is InChI=1S/C11H11FO3/c1-6-9(12)3-2-7-4-8(11(13)14)5-15-10(6)7/h2-3,8H,4-5H2,1H3,(H,13,14)/t8-/m1/s1. The third kappa shape index (κ3) is 1.67. The van der Waals surface area contributed by atoms with Crippen molar-refractivity contribution in [3.63, 3.8) is 0 Å². The first-order valence-corrected chi connectivity index (χ1v) is 4.73. The topological polar surface area (TPSA) is 46.5 Å². The highest BCUT2D eigenvalue weighted by Crippen LogP contribution is 2.32. The van der Waals surface area contributed by atoms with E-state index in [0.29, 0.717) is 17.7 Å². The molecule has 1 aromatic rings. The Morgan fingerprint density at radius 2 is 2.33 bits per heavy atom. The highest BCUT2D eigenvalue weighted by Gasteiger charge is 2.27. The molecular formula is C11H11FO3. The number of halogens is 1. The van der Waals surface area contributed by atoms with Gasteiger partial charge >= 0.3 is 5.97 Å². The van der Waals surface area contributed by atoms with E-state index in [0.717, 1.165) is 5.56 Å². The van der Waals surface area contributed by atoms with Gasteiger partial charge in [-0.2, -0.15) is 0 Å². The van der Waals surface area contributed by atoms with Gasteiger partial charge in [0.1, 0.15) is 18.2 Å². The van der Waals surface area contributed by atoms with Crippen LogP contribution in [0.2, 0.25) is 0 Å². The van der Waals surface area contributed by atoms with Gasteiger partial charge in [0.2, 0.25) is 0 Å². The minimum Gasteiger partial charge on any atom is -0.492 e. The van der Waals surface area contributed by atoms with Crippen LogP contribution in [0.3, 0.4) is 0 Å². The molecule has 0 fully saturated rings. The van der Waals surface area contributed by atoms with Gasteiger partial charge in [0.15, 0.2) is 0 Å². The lowest BCUT2D eigenvalue weighted by atomic mass is 9.95. The van der Waals surface area contributed by atoms with Gasteiger partial charge in [-0.3, -0.25) is 4.79 Å². The Labute approximate surface area is 86.5 Å². The number of fused-ring (bicyclic) bond motifs is 1. The molecule has 0 spiro atoms. The van der Waals surface area contributed by atoms with Crippen LogP contribution in [0.4, 0.5) is 4.39 Å². The lowest BCUT2D eigenvalue weighted by Gasteiger charge is -2.24. The summed E-state index contributed by atoms with van der Waals surface area (Å²) in [6.07, 6.45) is 0.409. The van der Waals surface area contributed by atoms with Crippen LogP contribution < -0.4 is 4.74 Å². The number of aliphatic carboxylic acids is 1. The summed E-state index contributed by atoms with van der Waals surface area (Å²) in [7, 11) is 0. The van der Waals surface area contributed by atoms with E-state index in [4.69, 9.17) is 9.84 Å². The summed E-state index contributed by atoms with van der Waals surface area (Å²) in [5.74, 6) is -1.21. The number of rotatable bonds is 1. The van der Waals surface area contributed by atoms with Crippen molar-refractivity contribution in [2.24, 2.45) is 5.92 Å². The first-order valence-electron chi connectivity index (χ1n) is 4.73. The van der Waals surface area contributed by atoms with Crippen LogP contribution in [0.15, 0.2) is 12.1 Å². The van der Waals surface area contributed by atoms with Crippen LogP contribution in [-0.4, -0.2) is 17.7 Å². The number of ether oxygens (including phenoxy) is 1. The number of carboxylic acid groups (broad SMARTS) is 1. The zero-order valence-electron chi connectivity index (χ0n) is 8.29. The van der Waals surface area contributed by atoms with Crippen LogP contribution in [0.25, 0.3) is 0 Å². The van der Waals surface area contributed by atoms with Crippen molar-refractivity contribution < 1.29 is 19.0 Å². The highest BCUT2D eigenvalue weighted by molar-refractivity contribution is 5.71. The normalized spacial score (nSPS) is 19.2. The fourth-order valence-electron chi connectivity index (χ4n) is 1.75. The molecule has 4 heteroatoms. The van der Waals surface area contributed by atoms with Gasteiger partial charge in [-0.1, -0.05) is 6.07 Å². The second-order valence-corrected chi connectivity index (χ2v) is 3.71. The van der Waals surface area contributed by atoms with Crippen LogP contribution in [0.5, 0.6) is 5.75 Å². The van der Waals surface area contributed by atoms with E-state index >= 15 is 0 Å². The first kappa shape index (κ1) is 9.96. The summed E-state index contributed by atoms with van der Waals surface area (Å²) in [6, 6.07) is 2.94. The largest absolute Gasteiger partial charge is 0.492 e. The number of benzene rings is 1. The summed E-state index contributed by atoms with van der Waals surface area (Å²) in [5.41, 5.74) is 1.23. The summed E-state index contributed by atoms with van der Waals surface area (Å²) >= 11 is 0. The first-order chi connectivity index (χ1) is 7.09. The molecule has 0 aromatic heterocycles. The smallest absolute Gasteiger partial charge is 0.310 e. The molecule has 0 saturated carbocycles. The fraction of sp³-hybridized carbons (Fsp3) is 0.364. The Kier molecular flexibility index (Phi) is 2.34. The molecule has 15 heavy (non-hydrogen) atoms. The molecular weight excluding hydrogens is 199 g/mol. The van der Waals surface area contributed by atoms with Crippen molar-refractivity contribution in [1.82, 2.24) is 0 Å². The maximum absolute atomic E-state index is 13.2. The van der Waals surface area contributed by atoms with Gasteiger partial charge < -0.3 is 9.84 Å². The molecule has 0 amide bonds. The molecule has 3 nitrogen and oxygen atoms in total. The molecule has 0 unspecified atom stereocenters. The Morgan fingerprint density at radius 3 is 3.00 bits per heavy atom. The molecule has 1 N–H and O–H groups in total. The van der Waals surface area contributed by atoms with E-state index in [1.165, 1.54) is 6.07 Å². The van der Waals surface area contributed by atoms with Crippen molar-refractivity contribution in [3.05, 3.63) is 29.1 Å². The lowest BCUT2D eigenvalue weighted by molar-refractivity contribution is -0.143. The number of hydrogen-bond acceptors (Lipinski definition) is 2. The zero-order valence-corrected chi connectivity index (χ0v) is 8.29. The van der Waals surface area contributed by atoms with Crippen LogP contribution >= 0.6 is 0 Å². The molecule has 1 atom stereocenters. The molecule has 0 bridgehead atoms. The molecule has 0 radical (unpaired) electrons. The average Bonchev–Trinajstić information content (AvgIpc) is 2.23. The van der Waals surface area contributed by atoms with Gasteiger partial charge in [-0.15, -0.1) is 0 Å². The van der Waals surface area contributed by atoms with Crippen molar-refractivity contribution in [2.45, 2.75) is 13.3 Å².